The second kappa shape index (κ2) is 5.65. The van der Waals surface area contributed by atoms with E-state index in [1.165, 1.54) is 6.33 Å². The van der Waals surface area contributed by atoms with Gasteiger partial charge in [-0.2, -0.15) is 0 Å². The highest BCUT2D eigenvalue weighted by atomic mass is 79.9. The largest absolute Gasteiger partial charge is 0.305 e. The van der Waals surface area contributed by atoms with Crippen LogP contribution in [-0.2, 0) is 0 Å². The van der Waals surface area contributed by atoms with Gasteiger partial charge in [-0.1, -0.05) is 39.1 Å². The smallest absolute Gasteiger partial charge is 0.256 e. The van der Waals surface area contributed by atoms with Crippen LogP contribution in [0.25, 0.3) is 0 Å². The van der Waals surface area contributed by atoms with E-state index in [2.05, 4.69) is 31.2 Å². The maximum atomic E-state index is 11.9. The fourth-order valence-electron chi connectivity index (χ4n) is 1.22. The predicted molar refractivity (Wildman–Crippen MR) is 74.1 cm³/mol. The molecule has 0 saturated carbocycles. The lowest BCUT2D eigenvalue weighted by molar-refractivity contribution is 0.102. The zero-order valence-electron chi connectivity index (χ0n) is 8.82. The third-order valence-corrected chi connectivity index (χ3v) is 3.36. The molecule has 0 unspecified atom stereocenters. The van der Waals surface area contributed by atoms with Gasteiger partial charge in [0.1, 0.15) is 11.3 Å². The number of rotatable bonds is 2. The van der Waals surface area contributed by atoms with Crippen LogP contribution in [0.15, 0.2) is 35.1 Å². The van der Waals surface area contributed by atoms with Crippen molar-refractivity contribution >= 4 is 50.9 Å². The number of nitrogens with one attached hydrogen (secondary N) is 1. The quantitative estimate of drug-likeness (QED) is 0.841. The number of anilines is 1. The minimum absolute atomic E-state index is 0.0952. The van der Waals surface area contributed by atoms with Crippen molar-refractivity contribution in [3.05, 3.63) is 50.8 Å². The first-order valence-corrected chi connectivity index (χ1v) is 6.35. The third-order valence-electron chi connectivity index (χ3n) is 2.09. The highest BCUT2D eigenvalue weighted by molar-refractivity contribution is 9.10. The molecule has 92 valence electrons. The van der Waals surface area contributed by atoms with E-state index < -0.39 is 0 Å². The molecule has 0 saturated heterocycles. The van der Waals surface area contributed by atoms with Gasteiger partial charge in [0.15, 0.2) is 11.0 Å². The van der Waals surface area contributed by atoms with Gasteiger partial charge < -0.3 is 5.32 Å². The Morgan fingerprint density at radius 2 is 1.83 bits per heavy atom. The third kappa shape index (κ3) is 2.98. The maximum Gasteiger partial charge on any atom is 0.256 e. The monoisotopic (exact) mass is 345 g/mol. The lowest BCUT2D eigenvalue weighted by Gasteiger charge is -2.06. The van der Waals surface area contributed by atoms with Crippen LogP contribution in [0.2, 0.25) is 10.2 Å². The molecule has 1 aromatic carbocycles. The Bertz CT molecular complexity index is 589. The van der Waals surface area contributed by atoms with Gasteiger partial charge in [0.05, 0.1) is 0 Å². The number of benzene rings is 1. The average molecular weight is 347 g/mol. The Hall–Kier alpha value is -1.17. The molecule has 0 radical (unpaired) electrons. The molecule has 18 heavy (non-hydrogen) atoms. The van der Waals surface area contributed by atoms with Crippen LogP contribution in [0.5, 0.6) is 0 Å². The summed E-state index contributed by atoms with van der Waals surface area (Å²) in [5, 5.41) is 2.78. The van der Waals surface area contributed by atoms with E-state index in [9.17, 15) is 4.79 Å². The molecule has 2 aromatic rings. The molecule has 1 amide bonds. The molecular formula is C11H6BrCl2N3O. The molecule has 0 aliphatic carbocycles. The van der Waals surface area contributed by atoms with Gasteiger partial charge in [-0.25, -0.2) is 9.97 Å². The molecule has 0 bridgehead atoms. The van der Waals surface area contributed by atoms with Crippen molar-refractivity contribution in [2.75, 3.05) is 5.32 Å². The second-order valence-electron chi connectivity index (χ2n) is 3.29. The van der Waals surface area contributed by atoms with Crippen LogP contribution in [0, 0.1) is 0 Å². The first kappa shape index (κ1) is 13.3. The molecule has 0 atom stereocenters. The number of carbonyl (C=O) groups excluding carboxylic acids is 1. The summed E-state index contributed by atoms with van der Waals surface area (Å²) in [4.78, 5) is 19.4. The molecule has 1 aromatic heterocycles. The fourth-order valence-corrected chi connectivity index (χ4v) is 1.76. The molecular weight excluding hydrogens is 341 g/mol. The maximum absolute atomic E-state index is 11.9. The van der Waals surface area contributed by atoms with Crippen molar-refractivity contribution in [1.29, 1.82) is 0 Å². The van der Waals surface area contributed by atoms with Crippen LogP contribution in [0.1, 0.15) is 10.4 Å². The summed E-state index contributed by atoms with van der Waals surface area (Å²) in [7, 11) is 0. The van der Waals surface area contributed by atoms with Crippen molar-refractivity contribution < 1.29 is 4.79 Å². The van der Waals surface area contributed by atoms with E-state index in [1.807, 2.05) is 0 Å². The summed E-state index contributed by atoms with van der Waals surface area (Å²) in [5.41, 5.74) is 0.490. The summed E-state index contributed by atoms with van der Waals surface area (Å²) in [5.74, 6) is -0.135. The van der Waals surface area contributed by atoms with E-state index >= 15 is 0 Å². The summed E-state index contributed by atoms with van der Waals surface area (Å²) in [6, 6.07) is 6.89. The number of hydrogen-bond donors (Lipinski definition) is 1. The van der Waals surface area contributed by atoms with Gasteiger partial charge in [-0.15, -0.1) is 0 Å². The molecule has 2 rings (SSSR count). The normalized spacial score (nSPS) is 10.2. The van der Waals surface area contributed by atoms with Crippen LogP contribution >= 0.6 is 39.1 Å². The molecule has 4 nitrogen and oxygen atoms in total. The second-order valence-corrected chi connectivity index (χ2v) is 4.94. The Kier molecular flexibility index (Phi) is 4.16. The topological polar surface area (TPSA) is 54.9 Å². The number of carbonyl (C=O) groups is 1. The first-order chi connectivity index (χ1) is 8.58. The molecule has 0 fully saturated rings. The van der Waals surface area contributed by atoms with Crippen LogP contribution in [0.4, 0.5) is 5.82 Å². The molecule has 0 aliphatic rings. The van der Waals surface area contributed by atoms with Crippen LogP contribution in [-0.4, -0.2) is 15.9 Å². The predicted octanol–water partition coefficient (Wildman–Crippen LogP) is 3.80. The summed E-state index contributed by atoms with van der Waals surface area (Å²) in [6.07, 6.45) is 1.23. The van der Waals surface area contributed by atoms with E-state index in [1.54, 1.807) is 24.3 Å². The first-order valence-electron chi connectivity index (χ1n) is 4.81. The van der Waals surface area contributed by atoms with E-state index in [0.717, 1.165) is 4.47 Å². The summed E-state index contributed by atoms with van der Waals surface area (Å²) in [6.45, 7) is 0. The molecule has 1 N–H and O–H groups in total. The molecule has 7 heteroatoms. The zero-order valence-corrected chi connectivity index (χ0v) is 11.9. The zero-order chi connectivity index (χ0) is 13.1. The van der Waals surface area contributed by atoms with Crippen LogP contribution in [0.3, 0.4) is 0 Å². The van der Waals surface area contributed by atoms with Gasteiger partial charge >= 0.3 is 0 Å². The van der Waals surface area contributed by atoms with Crippen molar-refractivity contribution in [1.82, 2.24) is 9.97 Å². The number of amides is 1. The van der Waals surface area contributed by atoms with Crippen molar-refractivity contribution in [2.24, 2.45) is 0 Å². The Balaban J connectivity index is 2.21. The van der Waals surface area contributed by atoms with Gasteiger partial charge in [-0.3, -0.25) is 4.79 Å². The minimum Gasteiger partial charge on any atom is -0.305 e. The molecule has 0 spiro atoms. The van der Waals surface area contributed by atoms with Crippen LogP contribution < -0.4 is 5.32 Å². The van der Waals surface area contributed by atoms with Gasteiger partial charge in [-0.05, 0) is 24.3 Å². The standard InChI is InChI=1S/C11H6BrCl2N3O/c12-7-3-1-6(2-4-7)11(18)17-10-8(13)9(14)15-5-16-10/h1-5H,(H,15,16,17,18). The van der Waals surface area contributed by atoms with E-state index in [4.69, 9.17) is 23.2 Å². The molecule has 1 heterocycles. The van der Waals surface area contributed by atoms with Gasteiger partial charge in [0.2, 0.25) is 0 Å². The Morgan fingerprint density at radius 3 is 2.50 bits per heavy atom. The number of nitrogens with zero attached hydrogens (tertiary/aromatic N) is 2. The Labute approximate surface area is 121 Å². The van der Waals surface area contributed by atoms with E-state index in [-0.39, 0.29) is 21.9 Å². The lowest BCUT2D eigenvalue weighted by atomic mass is 10.2. The van der Waals surface area contributed by atoms with Crippen molar-refractivity contribution in [3.8, 4) is 0 Å². The van der Waals surface area contributed by atoms with E-state index in [0.29, 0.717) is 5.56 Å². The highest BCUT2D eigenvalue weighted by Crippen LogP contribution is 2.25. The highest BCUT2D eigenvalue weighted by Gasteiger charge is 2.11. The Morgan fingerprint density at radius 1 is 1.17 bits per heavy atom. The number of aromatic nitrogens is 2. The van der Waals surface area contributed by atoms with Crippen molar-refractivity contribution in [3.63, 3.8) is 0 Å². The minimum atomic E-state index is -0.320. The number of hydrogen-bond acceptors (Lipinski definition) is 3. The SMILES string of the molecule is O=C(Nc1ncnc(Cl)c1Cl)c1ccc(Br)cc1. The fraction of sp³-hybridized carbons (Fsp3) is 0. The summed E-state index contributed by atoms with van der Waals surface area (Å²) < 4.78 is 0.891. The number of halogens is 3. The van der Waals surface area contributed by atoms with Crippen molar-refractivity contribution in [2.45, 2.75) is 0 Å². The van der Waals surface area contributed by atoms with Gasteiger partial charge in [0.25, 0.3) is 5.91 Å². The lowest BCUT2D eigenvalue weighted by Crippen LogP contribution is -2.13. The molecule has 0 aliphatic heterocycles. The van der Waals surface area contributed by atoms with Gasteiger partial charge in [0, 0.05) is 10.0 Å². The average Bonchev–Trinajstić information content (AvgIpc) is 2.36. The summed E-state index contributed by atoms with van der Waals surface area (Å²) >= 11 is 14.9.